The average Bonchev–Trinajstić information content (AvgIpc) is 2.75. The van der Waals surface area contributed by atoms with Crippen LogP contribution in [0.4, 0.5) is 0 Å². The number of piperidine rings is 1. The van der Waals surface area contributed by atoms with Crippen LogP contribution in [-0.4, -0.2) is 47.9 Å². The standard InChI is InChI=1S/C23H31ClN2O4/c1-15-5-3-4-6-20(15)25-21(27)16(2)30-23(29)18-11-13-26(14-12-18)22(28)17-7-9-19(24)10-8-17/h7-10,15-16,18,20H,3-6,11-14H2,1-2H3,(H,25,27). The highest BCUT2D eigenvalue weighted by Crippen LogP contribution is 2.24. The summed E-state index contributed by atoms with van der Waals surface area (Å²) in [5, 5.41) is 3.63. The maximum Gasteiger partial charge on any atom is 0.309 e. The van der Waals surface area contributed by atoms with Gasteiger partial charge in [-0.2, -0.15) is 0 Å². The van der Waals surface area contributed by atoms with Crippen LogP contribution >= 0.6 is 11.6 Å². The van der Waals surface area contributed by atoms with Crippen molar-refractivity contribution >= 4 is 29.4 Å². The first-order valence-electron chi connectivity index (χ1n) is 10.9. The van der Waals surface area contributed by atoms with Gasteiger partial charge in [-0.15, -0.1) is 0 Å². The number of halogens is 1. The van der Waals surface area contributed by atoms with Gasteiger partial charge in [0.1, 0.15) is 0 Å². The molecule has 3 unspecified atom stereocenters. The second kappa shape index (κ2) is 10.3. The summed E-state index contributed by atoms with van der Waals surface area (Å²) >= 11 is 5.88. The van der Waals surface area contributed by atoms with E-state index < -0.39 is 6.10 Å². The summed E-state index contributed by atoms with van der Waals surface area (Å²) in [7, 11) is 0. The SMILES string of the molecule is CC(OC(=O)C1CCN(C(=O)c2ccc(Cl)cc2)CC1)C(=O)NC1CCCCC1C. The van der Waals surface area contributed by atoms with Gasteiger partial charge in [0.2, 0.25) is 0 Å². The van der Waals surface area contributed by atoms with Crippen molar-refractivity contribution in [1.29, 1.82) is 0 Å². The van der Waals surface area contributed by atoms with Crippen LogP contribution in [0.25, 0.3) is 0 Å². The van der Waals surface area contributed by atoms with Gasteiger partial charge in [-0.05, 0) is 62.8 Å². The van der Waals surface area contributed by atoms with Crippen LogP contribution in [0, 0.1) is 11.8 Å². The number of nitrogens with zero attached hydrogens (tertiary/aromatic N) is 1. The monoisotopic (exact) mass is 434 g/mol. The van der Waals surface area contributed by atoms with Gasteiger partial charge in [-0.3, -0.25) is 14.4 Å². The van der Waals surface area contributed by atoms with Crippen molar-refractivity contribution in [3.8, 4) is 0 Å². The van der Waals surface area contributed by atoms with E-state index in [1.54, 1.807) is 36.1 Å². The number of carbonyl (C=O) groups excluding carboxylic acids is 3. The lowest BCUT2D eigenvalue weighted by molar-refractivity contribution is -0.160. The van der Waals surface area contributed by atoms with Crippen LogP contribution in [0.1, 0.15) is 62.7 Å². The number of esters is 1. The fourth-order valence-electron chi connectivity index (χ4n) is 4.25. The Labute approximate surface area is 183 Å². The number of ether oxygens (including phenoxy) is 1. The molecule has 164 valence electrons. The van der Waals surface area contributed by atoms with Crippen molar-refractivity contribution in [1.82, 2.24) is 10.2 Å². The van der Waals surface area contributed by atoms with Gasteiger partial charge in [-0.25, -0.2) is 0 Å². The molecule has 0 bridgehead atoms. The number of hydrogen-bond donors (Lipinski definition) is 1. The molecule has 2 fully saturated rings. The van der Waals surface area contributed by atoms with Crippen LogP contribution in [0.3, 0.4) is 0 Å². The Morgan fingerprint density at radius 3 is 2.33 bits per heavy atom. The molecule has 0 aromatic heterocycles. The molecule has 0 spiro atoms. The van der Waals surface area contributed by atoms with E-state index >= 15 is 0 Å². The quantitative estimate of drug-likeness (QED) is 0.715. The summed E-state index contributed by atoms with van der Waals surface area (Å²) in [6.07, 6.45) is 4.69. The van der Waals surface area contributed by atoms with Gasteiger partial charge >= 0.3 is 5.97 Å². The van der Waals surface area contributed by atoms with Crippen LogP contribution < -0.4 is 5.32 Å². The molecule has 2 amide bonds. The molecule has 1 aliphatic heterocycles. The van der Waals surface area contributed by atoms with Crippen LogP contribution in [-0.2, 0) is 14.3 Å². The van der Waals surface area contributed by atoms with E-state index in [4.69, 9.17) is 16.3 Å². The highest BCUT2D eigenvalue weighted by atomic mass is 35.5. The number of likely N-dealkylation sites (tertiary alicyclic amines) is 1. The van der Waals surface area contributed by atoms with E-state index in [0.717, 1.165) is 19.3 Å². The smallest absolute Gasteiger partial charge is 0.309 e. The van der Waals surface area contributed by atoms with Gasteiger partial charge in [0.15, 0.2) is 6.10 Å². The van der Waals surface area contributed by atoms with Crippen molar-refractivity contribution < 1.29 is 19.1 Å². The molecule has 7 heteroatoms. The third-order valence-electron chi connectivity index (χ3n) is 6.31. The number of hydrogen-bond acceptors (Lipinski definition) is 4. The highest BCUT2D eigenvalue weighted by molar-refractivity contribution is 6.30. The number of carbonyl (C=O) groups is 3. The Balaban J connectivity index is 1.44. The molecule has 1 aromatic carbocycles. The van der Waals surface area contributed by atoms with Crippen molar-refractivity contribution in [2.45, 2.75) is 64.5 Å². The van der Waals surface area contributed by atoms with E-state index in [-0.39, 0.29) is 29.7 Å². The molecule has 1 heterocycles. The van der Waals surface area contributed by atoms with E-state index in [1.165, 1.54) is 6.42 Å². The molecule has 2 aliphatic rings. The maximum absolute atomic E-state index is 12.6. The molecule has 1 N–H and O–H groups in total. The van der Waals surface area contributed by atoms with Crippen molar-refractivity contribution in [3.05, 3.63) is 34.9 Å². The van der Waals surface area contributed by atoms with E-state index in [9.17, 15) is 14.4 Å². The molecule has 30 heavy (non-hydrogen) atoms. The number of amides is 2. The van der Waals surface area contributed by atoms with Crippen LogP contribution in [0.5, 0.6) is 0 Å². The Hall–Kier alpha value is -2.08. The zero-order valence-electron chi connectivity index (χ0n) is 17.7. The molecule has 1 aliphatic carbocycles. The first-order valence-corrected chi connectivity index (χ1v) is 11.3. The first kappa shape index (κ1) is 22.6. The molecule has 0 radical (unpaired) electrons. The minimum Gasteiger partial charge on any atom is -0.452 e. The molecule has 6 nitrogen and oxygen atoms in total. The van der Waals surface area contributed by atoms with E-state index in [0.29, 0.717) is 42.4 Å². The summed E-state index contributed by atoms with van der Waals surface area (Å²) in [4.78, 5) is 39.3. The highest BCUT2D eigenvalue weighted by Gasteiger charge is 2.32. The second-order valence-corrected chi connectivity index (χ2v) is 8.97. The predicted octanol–water partition coefficient (Wildman–Crippen LogP) is 3.82. The third kappa shape index (κ3) is 5.75. The van der Waals surface area contributed by atoms with Gasteiger partial charge in [0, 0.05) is 29.7 Å². The fourth-order valence-corrected chi connectivity index (χ4v) is 4.37. The van der Waals surface area contributed by atoms with Gasteiger partial charge in [0.05, 0.1) is 5.92 Å². The summed E-state index contributed by atoms with van der Waals surface area (Å²) in [5.74, 6) is -0.477. The molecule has 1 aromatic rings. The largest absolute Gasteiger partial charge is 0.452 e. The topological polar surface area (TPSA) is 75.7 Å². The lowest BCUT2D eigenvalue weighted by Gasteiger charge is -2.32. The molecular formula is C23H31ClN2O4. The number of rotatable bonds is 5. The zero-order chi connectivity index (χ0) is 21.7. The summed E-state index contributed by atoms with van der Waals surface area (Å²) in [6, 6.07) is 6.96. The minimum atomic E-state index is -0.805. The van der Waals surface area contributed by atoms with Gasteiger partial charge in [-0.1, -0.05) is 31.4 Å². The fraction of sp³-hybridized carbons (Fsp3) is 0.609. The van der Waals surface area contributed by atoms with E-state index in [1.807, 2.05) is 0 Å². The van der Waals surface area contributed by atoms with Crippen LogP contribution in [0.15, 0.2) is 24.3 Å². The number of benzene rings is 1. The Bertz CT molecular complexity index is 759. The maximum atomic E-state index is 12.6. The second-order valence-electron chi connectivity index (χ2n) is 8.53. The Morgan fingerprint density at radius 1 is 1.07 bits per heavy atom. The summed E-state index contributed by atoms with van der Waals surface area (Å²) in [5.41, 5.74) is 0.586. The summed E-state index contributed by atoms with van der Waals surface area (Å²) in [6.45, 7) is 4.75. The average molecular weight is 435 g/mol. The number of nitrogens with one attached hydrogen (secondary N) is 1. The van der Waals surface area contributed by atoms with E-state index in [2.05, 4.69) is 12.2 Å². The molecular weight excluding hydrogens is 404 g/mol. The van der Waals surface area contributed by atoms with Crippen molar-refractivity contribution in [3.63, 3.8) is 0 Å². The molecule has 3 rings (SSSR count). The molecule has 1 saturated carbocycles. The molecule has 1 saturated heterocycles. The van der Waals surface area contributed by atoms with Gasteiger partial charge < -0.3 is 15.0 Å². The lowest BCUT2D eigenvalue weighted by atomic mass is 9.86. The van der Waals surface area contributed by atoms with Crippen molar-refractivity contribution in [2.75, 3.05) is 13.1 Å². The van der Waals surface area contributed by atoms with Crippen LogP contribution in [0.2, 0.25) is 5.02 Å². The van der Waals surface area contributed by atoms with Gasteiger partial charge in [0.25, 0.3) is 11.8 Å². The predicted molar refractivity (Wildman–Crippen MR) is 115 cm³/mol. The first-order chi connectivity index (χ1) is 14.3. The minimum absolute atomic E-state index is 0.0622. The Kier molecular flexibility index (Phi) is 7.75. The normalized spacial score (nSPS) is 23.5. The molecule has 3 atom stereocenters. The Morgan fingerprint density at radius 2 is 1.70 bits per heavy atom. The third-order valence-corrected chi connectivity index (χ3v) is 6.56. The lowest BCUT2D eigenvalue weighted by Crippen LogP contribution is -2.47. The van der Waals surface area contributed by atoms with Crippen molar-refractivity contribution in [2.24, 2.45) is 11.8 Å². The zero-order valence-corrected chi connectivity index (χ0v) is 18.5. The summed E-state index contributed by atoms with van der Waals surface area (Å²) < 4.78 is 5.45.